The van der Waals surface area contributed by atoms with Gasteiger partial charge in [0.25, 0.3) is 0 Å². The molecule has 0 aliphatic carbocycles. The molecule has 0 saturated carbocycles. The van der Waals surface area contributed by atoms with Crippen molar-refractivity contribution in [3.05, 3.63) is 23.8 Å². The molecule has 0 aromatic heterocycles. The number of likely N-dealkylation sites (tertiary alicyclic amines) is 1. The maximum atomic E-state index is 11.6. The Morgan fingerprint density at radius 1 is 1.11 bits per heavy atom. The predicted molar refractivity (Wildman–Crippen MR) is 107 cm³/mol. The Hall–Kier alpha value is -1.31. The number of benzene rings is 1. The highest BCUT2D eigenvalue weighted by Gasteiger charge is 2.29. The first-order valence-electron chi connectivity index (χ1n) is 9.87. The van der Waals surface area contributed by atoms with Crippen molar-refractivity contribution >= 4 is 9.84 Å². The molecule has 1 aromatic rings. The van der Waals surface area contributed by atoms with Crippen molar-refractivity contribution in [1.82, 2.24) is 9.80 Å². The van der Waals surface area contributed by atoms with E-state index in [0.717, 1.165) is 44.0 Å². The molecule has 2 aliphatic heterocycles. The van der Waals surface area contributed by atoms with E-state index in [0.29, 0.717) is 30.6 Å². The molecule has 0 N–H and O–H groups in total. The van der Waals surface area contributed by atoms with Crippen LogP contribution in [0.5, 0.6) is 11.5 Å². The van der Waals surface area contributed by atoms with Gasteiger partial charge in [-0.25, -0.2) is 8.42 Å². The summed E-state index contributed by atoms with van der Waals surface area (Å²) in [6.07, 6.45) is 2.31. The van der Waals surface area contributed by atoms with Gasteiger partial charge >= 0.3 is 0 Å². The van der Waals surface area contributed by atoms with Crippen LogP contribution in [0, 0.1) is 0 Å². The van der Waals surface area contributed by atoms with Crippen molar-refractivity contribution in [3.63, 3.8) is 0 Å². The molecule has 2 aliphatic rings. The number of nitrogens with zero attached hydrogens (tertiary/aromatic N) is 2. The van der Waals surface area contributed by atoms with E-state index in [1.165, 1.54) is 5.56 Å². The lowest BCUT2D eigenvalue weighted by molar-refractivity contribution is 0.110. The van der Waals surface area contributed by atoms with Gasteiger partial charge in [0.2, 0.25) is 0 Å². The number of methoxy groups -OCH3 is 1. The third kappa shape index (κ3) is 5.59. The van der Waals surface area contributed by atoms with E-state index in [2.05, 4.69) is 15.9 Å². The fourth-order valence-electron chi connectivity index (χ4n) is 3.93. The summed E-state index contributed by atoms with van der Waals surface area (Å²) in [6, 6.07) is 6.57. The molecular weight excluding hydrogens is 364 g/mol. The summed E-state index contributed by atoms with van der Waals surface area (Å²) < 4.78 is 34.6. The Morgan fingerprint density at radius 2 is 1.78 bits per heavy atom. The normalized spacial score (nSPS) is 22.1. The first-order valence-corrected chi connectivity index (χ1v) is 11.7. The Morgan fingerprint density at radius 3 is 2.37 bits per heavy atom. The van der Waals surface area contributed by atoms with Gasteiger partial charge in [0, 0.05) is 37.3 Å². The molecule has 7 heteroatoms. The summed E-state index contributed by atoms with van der Waals surface area (Å²) in [6.45, 7) is 8.38. The van der Waals surface area contributed by atoms with Crippen LogP contribution in [0.15, 0.2) is 18.2 Å². The van der Waals surface area contributed by atoms with Crippen LogP contribution in [0.1, 0.15) is 32.3 Å². The number of hydrogen-bond donors (Lipinski definition) is 0. The highest BCUT2D eigenvalue weighted by Crippen LogP contribution is 2.28. The second kappa shape index (κ2) is 8.80. The van der Waals surface area contributed by atoms with E-state index >= 15 is 0 Å². The van der Waals surface area contributed by atoms with Crippen LogP contribution in [0.2, 0.25) is 0 Å². The number of sulfone groups is 1. The average Bonchev–Trinajstić information content (AvgIpc) is 2.63. The van der Waals surface area contributed by atoms with Crippen molar-refractivity contribution in [1.29, 1.82) is 0 Å². The summed E-state index contributed by atoms with van der Waals surface area (Å²) in [4.78, 5) is 4.84. The second-order valence-corrected chi connectivity index (χ2v) is 10.1. The number of hydrogen-bond acceptors (Lipinski definition) is 6. The van der Waals surface area contributed by atoms with Crippen LogP contribution in [0.25, 0.3) is 0 Å². The number of rotatable bonds is 6. The molecule has 6 nitrogen and oxygen atoms in total. The fraction of sp³-hybridized carbons (Fsp3) is 0.700. The zero-order chi connectivity index (χ0) is 19.4. The zero-order valence-electron chi connectivity index (χ0n) is 16.7. The van der Waals surface area contributed by atoms with E-state index in [1.54, 1.807) is 7.11 Å². The first kappa shape index (κ1) is 20.4. The first-order chi connectivity index (χ1) is 12.9. The van der Waals surface area contributed by atoms with Crippen LogP contribution in [-0.4, -0.2) is 75.2 Å². The van der Waals surface area contributed by atoms with Gasteiger partial charge in [-0.3, -0.25) is 9.80 Å². The molecule has 152 valence electrons. The maximum absolute atomic E-state index is 11.6. The van der Waals surface area contributed by atoms with Gasteiger partial charge in [0.05, 0.1) is 24.7 Å². The fourth-order valence-corrected chi connectivity index (χ4v) is 5.16. The minimum absolute atomic E-state index is 0.122. The lowest BCUT2D eigenvalue weighted by Crippen LogP contribution is -2.50. The van der Waals surface area contributed by atoms with Crippen LogP contribution in [-0.2, 0) is 16.4 Å². The predicted octanol–water partition coefficient (Wildman–Crippen LogP) is 2.18. The lowest BCUT2D eigenvalue weighted by Gasteiger charge is -2.40. The summed E-state index contributed by atoms with van der Waals surface area (Å²) >= 11 is 0. The molecule has 2 saturated heterocycles. The van der Waals surface area contributed by atoms with E-state index in [4.69, 9.17) is 9.47 Å². The Labute approximate surface area is 163 Å². The van der Waals surface area contributed by atoms with E-state index in [-0.39, 0.29) is 6.10 Å². The van der Waals surface area contributed by atoms with Crippen molar-refractivity contribution in [2.45, 2.75) is 45.4 Å². The van der Waals surface area contributed by atoms with Crippen molar-refractivity contribution in [3.8, 4) is 11.5 Å². The Kier molecular flexibility index (Phi) is 6.65. The average molecular weight is 397 g/mol. The number of ether oxygens (including phenoxy) is 2. The monoisotopic (exact) mass is 396 g/mol. The molecule has 2 fully saturated rings. The minimum atomic E-state index is -2.80. The Balaban J connectivity index is 1.56. The largest absolute Gasteiger partial charge is 0.497 e. The van der Waals surface area contributed by atoms with E-state index in [1.807, 2.05) is 26.0 Å². The third-order valence-corrected chi connectivity index (χ3v) is 7.09. The van der Waals surface area contributed by atoms with Gasteiger partial charge in [-0.05, 0) is 45.8 Å². The van der Waals surface area contributed by atoms with E-state index in [9.17, 15) is 8.42 Å². The molecule has 0 atom stereocenters. The quantitative estimate of drug-likeness (QED) is 0.735. The summed E-state index contributed by atoms with van der Waals surface area (Å²) in [5, 5.41) is 0. The SMILES string of the molecule is COc1ccc(CN2CCC(N3CCS(=O)(=O)CC3)CC2)c(OC(C)C)c1. The van der Waals surface area contributed by atoms with Gasteiger partial charge in [-0.1, -0.05) is 6.07 Å². The van der Waals surface area contributed by atoms with Gasteiger partial charge in [0.1, 0.15) is 11.5 Å². The van der Waals surface area contributed by atoms with Crippen LogP contribution < -0.4 is 9.47 Å². The molecule has 2 heterocycles. The smallest absolute Gasteiger partial charge is 0.152 e. The molecule has 0 radical (unpaired) electrons. The maximum Gasteiger partial charge on any atom is 0.152 e. The summed E-state index contributed by atoms with van der Waals surface area (Å²) in [7, 11) is -1.13. The lowest BCUT2D eigenvalue weighted by atomic mass is 10.0. The van der Waals surface area contributed by atoms with Crippen molar-refractivity contribution in [2.24, 2.45) is 0 Å². The van der Waals surface area contributed by atoms with Gasteiger partial charge < -0.3 is 9.47 Å². The molecule has 0 unspecified atom stereocenters. The van der Waals surface area contributed by atoms with Crippen LogP contribution in [0.4, 0.5) is 0 Å². The zero-order valence-corrected chi connectivity index (χ0v) is 17.5. The second-order valence-electron chi connectivity index (χ2n) is 7.84. The molecule has 3 rings (SSSR count). The molecular formula is C20H32N2O4S. The summed E-state index contributed by atoms with van der Waals surface area (Å²) in [5.41, 5.74) is 1.19. The minimum Gasteiger partial charge on any atom is -0.497 e. The summed E-state index contributed by atoms with van der Waals surface area (Å²) in [5.74, 6) is 2.34. The standard InChI is InChI=1S/C20H32N2O4S/c1-16(2)26-20-14-19(25-3)5-4-17(20)15-21-8-6-18(7-9-21)22-10-12-27(23,24)13-11-22/h4-5,14,16,18H,6-13,15H2,1-3H3. The van der Waals surface area contributed by atoms with Gasteiger partial charge in [-0.2, -0.15) is 0 Å². The molecule has 1 aromatic carbocycles. The molecule has 0 amide bonds. The Bertz CT molecular complexity index is 713. The highest BCUT2D eigenvalue weighted by atomic mass is 32.2. The third-order valence-electron chi connectivity index (χ3n) is 5.48. The molecule has 0 spiro atoms. The van der Waals surface area contributed by atoms with Crippen molar-refractivity contribution in [2.75, 3.05) is 44.8 Å². The van der Waals surface area contributed by atoms with Gasteiger partial charge in [0.15, 0.2) is 9.84 Å². The van der Waals surface area contributed by atoms with Crippen LogP contribution in [0.3, 0.4) is 0 Å². The van der Waals surface area contributed by atoms with Crippen LogP contribution >= 0.6 is 0 Å². The highest BCUT2D eigenvalue weighted by molar-refractivity contribution is 7.91. The van der Waals surface area contributed by atoms with Gasteiger partial charge in [-0.15, -0.1) is 0 Å². The van der Waals surface area contributed by atoms with Crippen molar-refractivity contribution < 1.29 is 17.9 Å². The number of piperidine rings is 1. The van der Waals surface area contributed by atoms with E-state index < -0.39 is 9.84 Å². The molecule has 27 heavy (non-hydrogen) atoms. The topological polar surface area (TPSA) is 59.1 Å². The molecule has 0 bridgehead atoms.